The van der Waals surface area contributed by atoms with Crippen molar-refractivity contribution in [2.45, 2.75) is 71.3 Å². The molecule has 0 N–H and O–H groups in total. The minimum absolute atomic E-state index is 0.204. The number of anilines is 1. The van der Waals surface area contributed by atoms with E-state index in [2.05, 4.69) is 24.3 Å². The second-order valence-electron chi connectivity index (χ2n) is 10.5. The molecule has 4 aromatic carbocycles. The summed E-state index contributed by atoms with van der Waals surface area (Å²) < 4.78 is 5.93. The first kappa shape index (κ1) is 30.6. The minimum atomic E-state index is -0.390. The number of carbonyl (C=O) groups is 2. The molecule has 0 aliphatic rings. The first-order valence-electron chi connectivity index (χ1n) is 15.1. The van der Waals surface area contributed by atoms with E-state index in [1.807, 2.05) is 91.9 Å². The lowest BCUT2D eigenvalue weighted by Gasteiger charge is -2.22. The van der Waals surface area contributed by atoms with Crippen molar-refractivity contribution in [2.24, 2.45) is 0 Å². The third-order valence-electron chi connectivity index (χ3n) is 7.12. The van der Waals surface area contributed by atoms with E-state index in [-0.39, 0.29) is 12.3 Å². The molecule has 5 heteroatoms. The summed E-state index contributed by atoms with van der Waals surface area (Å²) in [7, 11) is 0. The van der Waals surface area contributed by atoms with Crippen LogP contribution >= 0.6 is 0 Å². The molecule has 0 radical (unpaired) electrons. The summed E-state index contributed by atoms with van der Waals surface area (Å²) >= 11 is 0. The zero-order chi connectivity index (χ0) is 29.4. The number of ether oxygens (including phenoxy) is 1. The summed E-state index contributed by atoms with van der Waals surface area (Å²) in [4.78, 5) is 31.5. The molecule has 4 rings (SSSR count). The number of unbranched alkanes of at least 4 members (excludes halogenated alkanes) is 4. The molecular weight excluding hydrogens is 522 g/mol. The molecule has 0 unspecified atom stereocenters. The Kier molecular flexibility index (Phi) is 12.2. The largest absolute Gasteiger partial charge is 0.489 e. The molecule has 0 bridgehead atoms. The Bertz CT molecular complexity index is 1370. The Morgan fingerprint density at radius 2 is 1.33 bits per heavy atom. The number of hydrogen-bond donors (Lipinski definition) is 0. The molecule has 0 aromatic heterocycles. The Morgan fingerprint density at radius 3 is 2.05 bits per heavy atom. The Balaban J connectivity index is 1.37. The zero-order valence-electron chi connectivity index (χ0n) is 24.5. The maximum Gasteiger partial charge on any atom is 0.333 e. The molecule has 0 saturated heterocycles. The molecule has 4 aromatic rings. The smallest absolute Gasteiger partial charge is 0.333 e. The number of carbonyl (C=O) groups excluding carboxylic acids is 2. The Morgan fingerprint density at radius 1 is 0.643 bits per heavy atom. The van der Waals surface area contributed by atoms with E-state index < -0.39 is 5.97 Å². The van der Waals surface area contributed by atoms with Gasteiger partial charge in [0, 0.05) is 12.8 Å². The molecule has 0 saturated carbocycles. The highest BCUT2D eigenvalue weighted by Gasteiger charge is 2.21. The molecular formula is C37H41NO4. The van der Waals surface area contributed by atoms with Crippen molar-refractivity contribution in [2.75, 3.05) is 5.06 Å². The van der Waals surface area contributed by atoms with Crippen LogP contribution < -0.4 is 9.80 Å². The van der Waals surface area contributed by atoms with E-state index >= 15 is 0 Å². The molecule has 0 fully saturated rings. The van der Waals surface area contributed by atoms with Gasteiger partial charge in [0.1, 0.15) is 12.4 Å². The van der Waals surface area contributed by atoms with Crippen LogP contribution in [-0.4, -0.2) is 11.9 Å². The predicted octanol–water partition coefficient (Wildman–Crippen LogP) is 9.11. The van der Waals surface area contributed by atoms with Crippen LogP contribution in [0.5, 0.6) is 5.75 Å². The van der Waals surface area contributed by atoms with E-state index in [0.29, 0.717) is 18.7 Å². The first-order valence-corrected chi connectivity index (χ1v) is 15.1. The van der Waals surface area contributed by atoms with Crippen molar-refractivity contribution in [3.63, 3.8) is 0 Å². The van der Waals surface area contributed by atoms with Crippen molar-refractivity contribution in [1.29, 1.82) is 0 Å². The zero-order valence-corrected chi connectivity index (χ0v) is 24.5. The summed E-state index contributed by atoms with van der Waals surface area (Å²) in [6.07, 6.45) is 7.10. The van der Waals surface area contributed by atoms with Crippen molar-refractivity contribution in [3.8, 4) is 16.9 Å². The maximum absolute atomic E-state index is 13.3. The highest BCUT2D eigenvalue weighted by molar-refractivity contribution is 5.94. The summed E-state index contributed by atoms with van der Waals surface area (Å²) in [6.45, 7) is 2.53. The van der Waals surface area contributed by atoms with Gasteiger partial charge in [-0.3, -0.25) is 4.79 Å². The van der Waals surface area contributed by atoms with Crippen LogP contribution in [0.1, 0.15) is 69.4 Å². The van der Waals surface area contributed by atoms with E-state index in [0.717, 1.165) is 67.4 Å². The van der Waals surface area contributed by atoms with Crippen LogP contribution in [-0.2, 0) is 27.5 Å². The second kappa shape index (κ2) is 16.8. The van der Waals surface area contributed by atoms with Gasteiger partial charge in [0.25, 0.3) is 5.91 Å². The molecule has 0 aliphatic carbocycles. The summed E-state index contributed by atoms with van der Waals surface area (Å²) in [5.41, 5.74) is 4.90. The lowest BCUT2D eigenvalue weighted by molar-refractivity contribution is -0.150. The average Bonchev–Trinajstić information content (AvgIpc) is 3.04. The van der Waals surface area contributed by atoms with Gasteiger partial charge in [-0.15, -0.1) is 5.06 Å². The Hall–Kier alpha value is -4.38. The fourth-order valence-electron chi connectivity index (χ4n) is 4.72. The predicted molar refractivity (Wildman–Crippen MR) is 169 cm³/mol. The van der Waals surface area contributed by atoms with Crippen molar-refractivity contribution in [1.82, 2.24) is 0 Å². The van der Waals surface area contributed by atoms with Gasteiger partial charge in [-0.25, -0.2) is 4.79 Å². The lowest BCUT2D eigenvalue weighted by atomic mass is 10.0. The first-order chi connectivity index (χ1) is 20.6. The van der Waals surface area contributed by atoms with Crippen LogP contribution in [0.4, 0.5) is 5.69 Å². The second-order valence-corrected chi connectivity index (χ2v) is 10.5. The standard InChI is InChI=1S/C37H41NO4/c1-2-3-23-37(40)42-38(36(39)22-13-5-4-8-15-30-16-9-6-10-17-30)34-21-14-20-33(28-34)32-24-26-35(27-25-32)41-29-31-18-11-7-12-19-31/h6-7,9-12,14,16-21,24-28H,2-5,8,13,15,22-23,29H2,1H3. The fraction of sp³-hybridized carbons (Fsp3) is 0.297. The Labute approximate surface area is 250 Å². The number of aryl methyl sites for hydroxylation is 1. The maximum atomic E-state index is 13.3. The number of nitrogens with zero attached hydrogens (tertiary/aromatic N) is 1. The molecule has 0 aliphatic heterocycles. The summed E-state index contributed by atoms with van der Waals surface area (Å²) in [5, 5.41) is 1.20. The van der Waals surface area contributed by atoms with Crippen LogP contribution in [0.25, 0.3) is 11.1 Å². The van der Waals surface area contributed by atoms with Crippen LogP contribution in [0.15, 0.2) is 109 Å². The normalized spacial score (nSPS) is 10.7. The molecule has 218 valence electrons. The van der Waals surface area contributed by atoms with Crippen molar-refractivity contribution in [3.05, 3.63) is 120 Å². The van der Waals surface area contributed by atoms with Gasteiger partial charge in [0.2, 0.25) is 0 Å². The summed E-state index contributed by atoms with van der Waals surface area (Å²) in [5.74, 6) is 0.187. The fourth-order valence-corrected chi connectivity index (χ4v) is 4.72. The number of hydroxylamine groups is 1. The monoisotopic (exact) mass is 563 g/mol. The van der Waals surface area contributed by atoms with E-state index in [9.17, 15) is 9.59 Å². The van der Waals surface area contributed by atoms with Crippen molar-refractivity contribution >= 4 is 17.6 Å². The molecule has 5 nitrogen and oxygen atoms in total. The van der Waals surface area contributed by atoms with Crippen LogP contribution in [0.2, 0.25) is 0 Å². The van der Waals surface area contributed by atoms with Gasteiger partial charge < -0.3 is 9.57 Å². The average molecular weight is 564 g/mol. The lowest BCUT2D eigenvalue weighted by Crippen LogP contribution is -2.33. The molecule has 0 heterocycles. The molecule has 0 atom stereocenters. The van der Waals surface area contributed by atoms with Gasteiger partial charge in [0.15, 0.2) is 0 Å². The number of hydrogen-bond acceptors (Lipinski definition) is 4. The van der Waals surface area contributed by atoms with Gasteiger partial charge in [-0.05, 0) is 72.2 Å². The van der Waals surface area contributed by atoms with E-state index in [1.54, 1.807) is 0 Å². The summed E-state index contributed by atoms with van der Waals surface area (Å²) in [6, 6.07) is 36.0. The third-order valence-corrected chi connectivity index (χ3v) is 7.12. The highest BCUT2D eigenvalue weighted by Crippen LogP contribution is 2.28. The molecule has 0 spiro atoms. The van der Waals surface area contributed by atoms with E-state index in [1.165, 1.54) is 10.6 Å². The van der Waals surface area contributed by atoms with Gasteiger partial charge >= 0.3 is 5.97 Å². The van der Waals surface area contributed by atoms with Gasteiger partial charge in [-0.2, -0.15) is 0 Å². The third kappa shape index (κ3) is 9.91. The van der Waals surface area contributed by atoms with Crippen molar-refractivity contribution < 1.29 is 19.2 Å². The van der Waals surface area contributed by atoms with E-state index in [4.69, 9.17) is 9.57 Å². The number of benzene rings is 4. The van der Waals surface area contributed by atoms with Gasteiger partial charge in [0.05, 0.1) is 5.69 Å². The minimum Gasteiger partial charge on any atom is -0.489 e. The number of rotatable bonds is 15. The molecule has 42 heavy (non-hydrogen) atoms. The number of amides is 1. The van der Waals surface area contributed by atoms with Crippen LogP contribution in [0, 0.1) is 0 Å². The quantitative estimate of drug-likeness (QED) is 0.107. The highest BCUT2D eigenvalue weighted by atomic mass is 16.7. The SMILES string of the molecule is CCCCC(=O)ON(C(=O)CCCCCCc1ccccc1)c1cccc(-c2ccc(OCc3ccccc3)cc2)c1. The molecule has 1 amide bonds. The topological polar surface area (TPSA) is 55.8 Å². The van der Waals surface area contributed by atoms with Crippen LogP contribution in [0.3, 0.4) is 0 Å². The van der Waals surface area contributed by atoms with Gasteiger partial charge in [-0.1, -0.05) is 111 Å².